The molecule has 0 spiro atoms. The van der Waals surface area contributed by atoms with Crippen LogP contribution >= 0.6 is 0 Å². The monoisotopic (exact) mass is 507 g/mol. The Morgan fingerprint density at radius 2 is 1.53 bits per heavy atom. The maximum Gasteiger partial charge on any atom is 0.0360 e. The molecule has 0 N–H and O–H groups in total. The summed E-state index contributed by atoms with van der Waals surface area (Å²) < 4.78 is 0. The van der Waals surface area contributed by atoms with E-state index in [4.69, 9.17) is 6.58 Å². The van der Waals surface area contributed by atoms with Gasteiger partial charge in [0.05, 0.1) is 0 Å². The molecule has 2 aromatic carbocycles. The molecule has 0 aromatic heterocycles. The van der Waals surface area contributed by atoms with Gasteiger partial charge in [0, 0.05) is 35.0 Å². The van der Waals surface area contributed by atoms with E-state index in [1.54, 1.807) is 5.57 Å². The first-order valence-corrected chi connectivity index (χ1v) is 14.7. The van der Waals surface area contributed by atoms with E-state index >= 15 is 0 Å². The zero-order valence-corrected chi connectivity index (χ0v) is 24.9. The van der Waals surface area contributed by atoms with Crippen molar-refractivity contribution in [1.82, 2.24) is 4.90 Å². The highest BCUT2D eigenvalue weighted by molar-refractivity contribution is 5.76. The van der Waals surface area contributed by atoms with Gasteiger partial charge in [0.1, 0.15) is 0 Å². The van der Waals surface area contributed by atoms with Crippen LogP contribution in [0.15, 0.2) is 91.2 Å². The standard InChI is InChI=1S/C37H49N/c1-9-22-37(23-10-2,26-30-14-12-11-13-15-30)29(5)38-25-21-34-35(6,7)33(20-24-36(34,8)27-38)32-18-16-31(17-19-32)28(3)4/h11-21H,3,5,9-10,22-27H2,1-2,4,6-8H3. The van der Waals surface area contributed by atoms with Crippen LogP contribution in [0.1, 0.15) is 90.3 Å². The van der Waals surface area contributed by atoms with Gasteiger partial charge in [-0.25, -0.2) is 0 Å². The number of rotatable bonds is 10. The molecular formula is C37H49N. The van der Waals surface area contributed by atoms with Crippen LogP contribution < -0.4 is 0 Å². The number of nitrogens with zero attached hydrogens (tertiary/aromatic N) is 1. The molecule has 2 aliphatic rings. The van der Waals surface area contributed by atoms with Crippen molar-refractivity contribution in [3.05, 3.63) is 108 Å². The molecule has 1 aliphatic heterocycles. The molecule has 202 valence electrons. The van der Waals surface area contributed by atoms with Crippen LogP contribution in [0.5, 0.6) is 0 Å². The Hall–Kier alpha value is -2.80. The second kappa shape index (κ2) is 11.1. The maximum atomic E-state index is 4.85. The van der Waals surface area contributed by atoms with Gasteiger partial charge in [0.2, 0.25) is 0 Å². The summed E-state index contributed by atoms with van der Waals surface area (Å²) in [7, 11) is 0. The SMILES string of the molecule is C=C(C)c1ccc(C2=CCC3(C)CN(C(=C)C(CCC)(CCC)Cc4ccccc4)CC=C3C2(C)C)cc1. The molecule has 0 saturated heterocycles. The Balaban J connectivity index is 1.63. The largest absolute Gasteiger partial charge is 0.370 e. The number of hydrogen-bond acceptors (Lipinski definition) is 1. The molecule has 0 fully saturated rings. The Bertz CT molecular complexity index is 1200. The molecule has 1 heteroatoms. The lowest BCUT2D eigenvalue weighted by atomic mass is 9.58. The van der Waals surface area contributed by atoms with Crippen molar-refractivity contribution < 1.29 is 0 Å². The summed E-state index contributed by atoms with van der Waals surface area (Å²) in [5, 5.41) is 0. The first kappa shape index (κ1) is 28.2. The number of benzene rings is 2. The Morgan fingerprint density at radius 3 is 2.11 bits per heavy atom. The smallest absolute Gasteiger partial charge is 0.0360 e. The summed E-state index contributed by atoms with van der Waals surface area (Å²) in [6.45, 7) is 25.0. The highest BCUT2D eigenvalue weighted by atomic mass is 15.2. The average Bonchev–Trinajstić information content (AvgIpc) is 2.88. The fourth-order valence-corrected chi connectivity index (χ4v) is 7.52. The van der Waals surface area contributed by atoms with Gasteiger partial charge in [0.25, 0.3) is 0 Å². The van der Waals surface area contributed by atoms with Crippen molar-refractivity contribution in [1.29, 1.82) is 0 Å². The summed E-state index contributed by atoms with van der Waals surface area (Å²) in [6.07, 6.45) is 12.0. The molecule has 4 rings (SSSR count). The van der Waals surface area contributed by atoms with Crippen molar-refractivity contribution in [2.45, 2.75) is 80.1 Å². The molecule has 0 amide bonds. The zero-order chi connectivity index (χ0) is 27.6. The van der Waals surface area contributed by atoms with Crippen LogP contribution in [0, 0.1) is 16.2 Å². The van der Waals surface area contributed by atoms with E-state index in [1.165, 1.54) is 53.6 Å². The van der Waals surface area contributed by atoms with Crippen molar-refractivity contribution in [2.24, 2.45) is 16.2 Å². The highest BCUT2D eigenvalue weighted by Crippen LogP contribution is 2.56. The fraction of sp³-hybridized carbons (Fsp3) is 0.459. The number of allylic oxidation sites excluding steroid dienone is 4. The van der Waals surface area contributed by atoms with Crippen molar-refractivity contribution in [2.75, 3.05) is 13.1 Å². The second-order valence-electron chi connectivity index (χ2n) is 12.8. The van der Waals surface area contributed by atoms with Crippen LogP contribution in [0.2, 0.25) is 0 Å². The topological polar surface area (TPSA) is 3.24 Å². The molecule has 38 heavy (non-hydrogen) atoms. The van der Waals surface area contributed by atoms with E-state index in [0.29, 0.717) is 0 Å². The van der Waals surface area contributed by atoms with Gasteiger partial charge in [-0.2, -0.15) is 0 Å². The number of hydrogen-bond donors (Lipinski definition) is 0. The van der Waals surface area contributed by atoms with Gasteiger partial charge in [-0.1, -0.05) is 139 Å². The minimum atomic E-state index is -0.000865. The third kappa shape index (κ3) is 5.35. The van der Waals surface area contributed by atoms with Crippen molar-refractivity contribution in [3.63, 3.8) is 0 Å². The summed E-state index contributed by atoms with van der Waals surface area (Å²) in [5.41, 5.74) is 9.73. The summed E-state index contributed by atoms with van der Waals surface area (Å²) in [4.78, 5) is 2.63. The first-order valence-electron chi connectivity index (χ1n) is 14.7. The lowest BCUT2D eigenvalue weighted by Crippen LogP contribution is -2.48. The molecule has 0 saturated carbocycles. The van der Waals surface area contributed by atoms with Crippen LogP contribution in [-0.4, -0.2) is 18.0 Å². The maximum absolute atomic E-state index is 4.85. The highest BCUT2D eigenvalue weighted by Gasteiger charge is 2.47. The quantitative estimate of drug-likeness (QED) is 0.289. The van der Waals surface area contributed by atoms with Crippen molar-refractivity contribution >= 4 is 11.1 Å². The third-order valence-corrected chi connectivity index (χ3v) is 9.33. The Kier molecular flexibility index (Phi) is 8.26. The molecule has 1 unspecified atom stereocenters. The van der Waals surface area contributed by atoms with Gasteiger partial charge in [-0.15, -0.1) is 0 Å². The predicted octanol–water partition coefficient (Wildman–Crippen LogP) is 10.1. The fourth-order valence-electron chi connectivity index (χ4n) is 7.52. The second-order valence-corrected chi connectivity index (χ2v) is 12.8. The van der Waals surface area contributed by atoms with Gasteiger partial charge >= 0.3 is 0 Å². The first-order chi connectivity index (χ1) is 18.1. The molecule has 0 bridgehead atoms. The van der Waals surface area contributed by atoms with Crippen LogP contribution in [0.3, 0.4) is 0 Å². The van der Waals surface area contributed by atoms with Crippen LogP contribution in [0.25, 0.3) is 11.1 Å². The summed E-state index contributed by atoms with van der Waals surface area (Å²) in [6, 6.07) is 20.1. The van der Waals surface area contributed by atoms with E-state index in [2.05, 4.69) is 120 Å². The molecule has 2 aromatic rings. The minimum Gasteiger partial charge on any atom is -0.370 e. The number of fused-ring (bicyclic) bond motifs is 1. The van der Waals surface area contributed by atoms with Gasteiger partial charge < -0.3 is 4.90 Å². The average molecular weight is 508 g/mol. The van der Waals surface area contributed by atoms with Crippen molar-refractivity contribution in [3.8, 4) is 0 Å². The third-order valence-electron chi connectivity index (χ3n) is 9.33. The van der Waals surface area contributed by atoms with E-state index in [-0.39, 0.29) is 16.2 Å². The molecule has 1 aliphatic carbocycles. The van der Waals surface area contributed by atoms with E-state index < -0.39 is 0 Å². The Morgan fingerprint density at radius 1 is 0.895 bits per heavy atom. The molecule has 1 heterocycles. The summed E-state index contributed by atoms with van der Waals surface area (Å²) in [5.74, 6) is 0. The molecule has 0 radical (unpaired) electrons. The van der Waals surface area contributed by atoms with Gasteiger partial charge in [-0.05, 0) is 54.9 Å². The van der Waals surface area contributed by atoms with Gasteiger partial charge in [-0.3, -0.25) is 0 Å². The van der Waals surface area contributed by atoms with E-state index in [0.717, 1.165) is 31.5 Å². The minimum absolute atomic E-state index is 0.000865. The lowest BCUT2D eigenvalue weighted by Gasteiger charge is -2.53. The molecular weight excluding hydrogens is 458 g/mol. The lowest BCUT2D eigenvalue weighted by molar-refractivity contribution is 0.144. The van der Waals surface area contributed by atoms with Gasteiger partial charge in [0.15, 0.2) is 0 Å². The molecule has 1 nitrogen and oxygen atoms in total. The zero-order valence-electron chi connectivity index (χ0n) is 24.9. The predicted molar refractivity (Wildman–Crippen MR) is 167 cm³/mol. The summed E-state index contributed by atoms with van der Waals surface area (Å²) >= 11 is 0. The van der Waals surface area contributed by atoms with E-state index in [1.807, 2.05) is 0 Å². The normalized spacial score (nSPS) is 20.8. The van der Waals surface area contributed by atoms with Crippen LogP contribution in [-0.2, 0) is 6.42 Å². The van der Waals surface area contributed by atoms with Crippen LogP contribution in [0.4, 0.5) is 0 Å². The Labute approximate surface area is 233 Å². The van der Waals surface area contributed by atoms with E-state index in [9.17, 15) is 0 Å². The molecule has 1 atom stereocenters.